The second kappa shape index (κ2) is 12.2. The van der Waals surface area contributed by atoms with Gasteiger partial charge in [0, 0.05) is 28.3 Å². The van der Waals surface area contributed by atoms with Gasteiger partial charge in [0.05, 0.1) is 24.1 Å². The molecule has 6 rings (SSSR count). The van der Waals surface area contributed by atoms with Gasteiger partial charge in [-0.25, -0.2) is 9.36 Å². The maximum absolute atomic E-state index is 12.7. The fraction of sp³-hybridized carbons (Fsp3) is 0.129. The Bertz CT molecular complexity index is 1790. The van der Waals surface area contributed by atoms with Gasteiger partial charge in [0.1, 0.15) is 24.7 Å². The van der Waals surface area contributed by atoms with Gasteiger partial charge in [-0.05, 0) is 54.6 Å². The predicted octanol–water partition coefficient (Wildman–Crippen LogP) is 6.41. The summed E-state index contributed by atoms with van der Waals surface area (Å²) in [7, 11) is 0. The second-order valence-corrected chi connectivity index (χ2v) is 9.90. The van der Waals surface area contributed by atoms with E-state index >= 15 is 0 Å². The second-order valence-electron chi connectivity index (χ2n) is 9.06. The molecule has 5 aromatic rings. The number of rotatable bonds is 9. The van der Waals surface area contributed by atoms with Gasteiger partial charge in [-0.3, -0.25) is 4.99 Å². The topological polar surface area (TPSA) is 75.2 Å². The van der Waals surface area contributed by atoms with E-state index in [-0.39, 0.29) is 5.75 Å². The zero-order chi connectivity index (χ0) is 28.9. The number of fused-ring (bicyclic) bond motifs is 1. The van der Waals surface area contributed by atoms with Crippen molar-refractivity contribution in [1.29, 1.82) is 0 Å². The van der Waals surface area contributed by atoms with Crippen LogP contribution in [-0.4, -0.2) is 47.0 Å². The van der Waals surface area contributed by atoms with Crippen molar-refractivity contribution in [2.24, 2.45) is 10.1 Å². The summed E-state index contributed by atoms with van der Waals surface area (Å²) in [6.45, 7) is 2.27. The molecule has 42 heavy (non-hydrogen) atoms. The highest BCUT2D eigenvalue weighted by Gasteiger charge is 2.17. The van der Waals surface area contributed by atoms with Crippen LogP contribution in [0.2, 0.25) is 0 Å². The Morgan fingerprint density at radius 1 is 1.00 bits per heavy atom. The summed E-state index contributed by atoms with van der Waals surface area (Å²) in [6.07, 6.45) is 5.35. The third-order valence-electron chi connectivity index (χ3n) is 6.31. The number of ether oxygens (including phenoxy) is 3. The van der Waals surface area contributed by atoms with Gasteiger partial charge < -0.3 is 14.2 Å². The molecular formula is C31H25F2N5O3S. The Morgan fingerprint density at radius 2 is 1.76 bits per heavy atom. The predicted molar refractivity (Wildman–Crippen MR) is 158 cm³/mol. The lowest BCUT2D eigenvalue weighted by atomic mass is 10.1. The monoisotopic (exact) mass is 585 g/mol. The molecular weight excluding hydrogens is 560 g/mol. The minimum absolute atomic E-state index is 0.0768. The molecule has 0 N–H and O–H groups in total. The van der Waals surface area contributed by atoms with Crippen LogP contribution in [0.4, 0.5) is 8.78 Å². The maximum atomic E-state index is 12.7. The summed E-state index contributed by atoms with van der Waals surface area (Å²) in [6, 6.07) is 21.9. The maximum Gasteiger partial charge on any atom is 0.387 e. The molecule has 2 aromatic heterocycles. The quantitative estimate of drug-likeness (QED) is 0.148. The summed E-state index contributed by atoms with van der Waals surface area (Å²) < 4.78 is 44.8. The molecule has 0 spiro atoms. The highest BCUT2D eigenvalue weighted by molar-refractivity contribution is 7.07. The van der Waals surface area contributed by atoms with Gasteiger partial charge >= 0.3 is 6.61 Å². The first kappa shape index (κ1) is 27.2. The fourth-order valence-corrected chi connectivity index (χ4v) is 5.24. The number of alkyl halides is 2. The third kappa shape index (κ3) is 5.86. The summed E-state index contributed by atoms with van der Waals surface area (Å²) in [5.74, 6) is 1.43. The molecule has 1 aliphatic heterocycles. The van der Waals surface area contributed by atoms with Gasteiger partial charge in [0.2, 0.25) is 4.80 Å². The summed E-state index contributed by atoms with van der Waals surface area (Å²) in [4.78, 5) is 5.24. The first-order valence-electron chi connectivity index (χ1n) is 13.1. The Hall–Kier alpha value is -5.03. The number of hydrogen-bond donors (Lipinski definition) is 0. The number of benzene rings is 3. The van der Waals surface area contributed by atoms with E-state index in [1.54, 1.807) is 33.8 Å². The van der Waals surface area contributed by atoms with E-state index in [1.807, 2.05) is 60.1 Å². The zero-order valence-electron chi connectivity index (χ0n) is 22.3. The number of thiazole rings is 1. The van der Waals surface area contributed by atoms with Crippen molar-refractivity contribution in [3.05, 3.63) is 107 Å². The third-order valence-corrected chi connectivity index (χ3v) is 7.16. The van der Waals surface area contributed by atoms with Gasteiger partial charge in [-0.15, -0.1) is 17.9 Å². The van der Waals surface area contributed by atoms with Gasteiger partial charge in [0.25, 0.3) is 0 Å². The lowest BCUT2D eigenvalue weighted by Gasteiger charge is -2.18. The minimum Gasteiger partial charge on any atom is -0.486 e. The summed E-state index contributed by atoms with van der Waals surface area (Å²) in [5.41, 5.74) is 4.70. The average molecular weight is 586 g/mol. The van der Waals surface area contributed by atoms with E-state index in [0.717, 1.165) is 28.1 Å². The molecule has 0 saturated heterocycles. The Balaban J connectivity index is 1.43. The number of para-hydroxylation sites is 1. The molecule has 0 radical (unpaired) electrons. The van der Waals surface area contributed by atoms with Crippen molar-refractivity contribution in [1.82, 2.24) is 14.5 Å². The number of nitrogens with zero attached hydrogens (tertiary/aromatic N) is 5. The van der Waals surface area contributed by atoms with E-state index in [4.69, 9.17) is 19.7 Å². The molecule has 1 aliphatic rings. The van der Waals surface area contributed by atoms with Crippen molar-refractivity contribution in [3.8, 4) is 45.5 Å². The number of hydrogen-bond acceptors (Lipinski definition) is 7. The smallest absolute Gasteiger partial charge is 0.387 e. The standard InChI is InChI=1S/C31H25F2N5O3S/c1-2-14-34-31-38(26(20-42-31)21-8-11-25(12-9-21)41-30(32)33)35-18-23-19-37(24-6-4-3-5-7-24)36-29(23)22-10-13-27-28(17-22)40-16-15-39-27/h2-13,17-20,30H,1,14-16H2/b34-31?,35-18+. The molecule has 0 atom stereocenters. The minimum atomic E-state index is -2.89. The molecule has 3 aromatic carbocycles. The van der Waals surface area contributed by atoms with Crippen molar-refractivity contribution >= 4 is 17.6 Å². The zero-order valence-corrected chi connectivity index (χ0v) is 23.1. The van der Waals surface area contributed by atoms with E-state index in [2.05, 4.69) is 16.3 Å². The summed E-state index contributed by atoms with van der Waals surface area (Å²) in [5, 5.41) is 11.6. The molecule has 0 bridgehead atoms. The largest absolute Gasteiger partial charge is 0.486 e. The summed E-state index contributed by atoms with van der Waals surface area (Å²) >= 11 is 1.41. The number of halogens is 2. The first-order chi connectivity index (χ1) is 20.6. The molecule has 0 saturated carbocycles. The SMILES string of the molecule is C=CCN=c1scc(-c2ccc(OC(F)F)cc2)n1/N=C/c1cn(-c2ccccc2)nc1-c1ccc2c(c1)OCCO2. The van der Waals surface area contributed by atoms with Crippen LogP contribution in [0.1, 0.15) is 5.56 Å². The van der Waals surface area contributed by atoms with Gasteiger partial charge in [-0.2, -0.15) is 19.0 Å². The molecule has 3 heterocycles. The van der Waals surface area contributed by atoms with Gasteiger partial charge in [-0.1, -0.05) is 24.3 Å². The Kier molecular flexibility index (Phi) is 7.91. The van der Waals surface area contributed by atoms with Crippen molar-refractivity contribution in [3.63, 3.8) is 0 Å². The van der Waals surface area contributed by atoms with E-state index in [9.17, 15) is 8.78 Å². The lowest BCUT2D eigenvalue weighted by Crippen LogP contribution is -2.15. The number of aromatic nitrogens is 3. The average Bonchev–Trinajstić information content (AvgIpc) is 3.63. The van der Waals surface area contributed by atoms with E-state index in [1.165, 1.54) is 23.5 Å². The normalized spacial score (nSPS) is 13.2. The molecule has 8 nitrogen and oxygen atoms in total. The van der Waals surface area contributed by atoms with Crippen LogP contribution < -0.4 is 19.0 Å². The molecule has 0 fully saturated rings. The molecule has 0 amide bonds. The van der Waals surface area contributed by atoms with Crippen molar-refractivity contribution in [2.75, 3.05) is 19.8 Å². The van der Waals surface area contributed by atoms with Crippen LogP contribution in [0.3, 0.4) is 0 Å². The van der Waals surface area contributed by atoms with Crippen LogP contribution in [0, 0.1) is 0 Å². The van der Waals surface area contributed by atoms with Crippen molar-refractivity contribution < 1.29 is 23.0 Å². The molecule has 0 aliphatic carbocycles. The van der Waals surface area contributed by atoms with Crippen LogP contribution in [-0.2, 0) is 0 Å². The Morgan fingerprint density at radius 3 is 2.52 bits per heavy atom. The van der Waals surface area contributed by atoms with Crippen LogP contribution >= 0.6 is 11.3 Å². The Labute approximate surface area is 244 Å². The highest BCUT2D eigenvalue weighted by atomic mass is 32.1. The molecule has 0 unspecified atom stereocenters. The van der Waals surface area contributed by atoms with Crippen molar-refractivity contribution in [2.45, 2.75) is 6.61 Å². The molecule has 11 heteroatoms. The fourth-order valence-electron chi connectivity index (χ4n) is 4.40. The van der Waals surface area contributed by atoms with Crippen LogP contribution in [0.15, 0.2) is 107 Å². The lowest BCUT2D eigenvalue weighted by molar-refractivity contribution is -0.0498. The van der Waals surface area contributed by atoms with Gasteiger partial charge in [0.15, 0.2) is 11.5 Å². The first-order valence-corrected chi connectivity index (χ1v) is 13.9. The van der Waals surface area contributed by atoms with Crippen LogP contribution in [0.25, 0.3) is 28.2 Å². The highest BCUT2D eigenvalue weighted by Crippen LogP contribution is 2.35. The van der Waals surface area contributed by atoms with Crippen LogP contribution in [0.5, 0.6) is 17.2 Å². The molecule has 212 valence electrons. The van der Waals surface area contributed by atoms with E-state index < -0.39 is 6.61 Å². The van der Waals surface area contributed by atoms with E-state index in [0.29, 0.717) is 41.8 Å².